The van der Waals surface area contributed by atoms with Gasteiger partial charge in [-0.1, -0.05) is 30.3 Å². The number of rotatable bonds is 8. The quantitative estimate of drug-likeness (QED) is 0.122. The molecule has 13 heteroatoms. The second kappa shape index (κ2) is 14.8. The van der Waals surface area contributed by atoms with Gasteiger partial charge in [0.2, 0.25) is 0 Å². The van der Waals surface area contributed by atoms with Crippen molar-refractivity contribution >= 4 is 34.0 Å². The maximum atomic E-state index is 12.7. The van der Waals surface area contributed by atoms with Crippen molar-refractivity contribution in [2.24, 2.45) is 17.6 Å². The number of carbonyl (C=O) groups excluding carboxylic acids is 3. The number of esters is 2. The van der Waals surface area contributed by atoms with Crippen molar-refractivity contribution in [2.75, 3.05) is 19.9 Å². The summed E-state index contributed by atoms with van der Waals surface area (Å²) in [7, 11) is -2.44. The summed E-state index contributed by atoms with van der Waals surface area (Å²) in [5, 5.41) is 10.3. The highest BCUT2D eigenvalue weighted by molar-refractivity contribution is 7.85. The Balaban J connectivity index is 0.000000976. The molecule has 1 fully saturated rings. The normalized spacial score (nSPS) is 16.6. The zero-order chi connectivity index (χ0) is 29.0. The first-order chi connectivity index (χ1) is 18.4. The standard InChI is InChI=1S/C25H29N3O6.CH4O3S/c1-32-24(30)20-13-19(22(26)27)11-12-21(20)34-23(29)18-9-7-16(8-10-18)14-28-25(31)33-15-17-5-3-2-4-6-17;1-5(2,3)4/h2-6,11-13,16,18H,7-10,14-15H2,1H3,(H3,26,27)(H,28,31);1H3,(H,2,3,4)/t16-,18-;. The molecule has 3 rings (SSSR count). The van der Waals surface area contributed by atoms with Gasteiger partial charge < -0.3 is 25.3 Å². The van der Waals surface area contributed by atoms with Crippen molar-refractivity contribution in [1.29, 1.82) is 5.41 Å². The molecule has 39 heavy (non-hydrogen) atoms. The maximum Gasteiger partial charge on any atom is 0.407 e. The predicted molar refractivity (Wildman–Crippen MR) is 142 cm³/mol. The number of ether oxygens (including phenoxy) is 3. The summed E-state index contributed by atoms with van der Waals surface area (Å²) in [5.74, 6) is -1.30. The minimum atomic E-state index is -3.67. The van der Waals surface area contributed by atoms with Crippen molar-refractivity contribution in [1.82, 2.24) is 5.32 Å². The minimum Gasteiger partial charge on any atom is -0.465 e. The highest BCUT2D eigenvalue weighted by Crippen LogP contribution is 2.31. The van der Waals surface area contributed by atoms with E-state index in [9.17, 15) is 22.8 Å². The highest BCUT2D eigenvalue weighted by Gasteiger charge is 2.29. The zero-order valence-electron chi connectivity index (χ0n) is 21.7. The number of hydrogen-bond donors (Lipinski definition) is 4. The summed E-state index contributed by atoms with van der Waals surface area (Å²) in [6.07, 6.45) is 2.99. The third-order valence-corrected chi connectivity index (χ3v) is 5.83. The van der Waals surface area contributed by atoms with E-state index in [1.54, 1.807) is 0 Å². The number of nitrogens with one attached hydrogen (secondary N) is 2. The topological polar surface area (TPSA) is 195 Å². The molecular formula is C26H33N3O9S. The lowest BCUT2D eigenvalue weighted by Gasteiger charge is -2.27. The van der Waals surface area contributed by atoms with Gasteiger partial charge in [0, 0.05) is 12.1 Å². The van der Waals surface area contributed by atoms with Gasteiger partial charge in [0.05, 0.1) is 19.3 Å². The van der Waals surface area contributed by atoms with Crippen LogP contribution in [0.5, 0.6) is 5.75 Å². The molecule has 0 heterocycles. The molecule has 0 aliphatic heterocycles. The summed E-state index contributed by atoms with van der Waals surface area (Å²) in [6.45, 7) is 0.695. The van der Waals surface area contributed by atoms with Crippen LogP contribution in [-0.2, 0) is 31.0 Å². The van der Waals surface area contributed by atoms with E-state index < -0.39 is 28.1 Å². The highest BCUT2D eigenvalue weighted by atomic mass is 32.2. The van der Waals surface area contributed by atoms with Gasteiger partial charge in [-0.15, -0.1) is 0 Å². The van der Waals surface area contributed by atoms with Gasteiger partial charge in [-0.05, 0) is 55.4 Å². The van der Waals surface area contributed by atoms with E-state index in [4.69, 9.17) is 29.9 Å². The molecule has 2 aromatic rings. The van der Waals surface area contributed by atoms with E-state index >= 15 is 0 Å². The number of amidine groups is 1. The van der Waals surface area contributed by atoms with E-state index in [0.717, 1.165) is 18.4 Å². The van der Waals surface area contributed by atoms with Crippen LogP contribution in [0.2, 0.25) is 0 Å². The second-order valence-electron chi connectivity index (χ2n) is 8.93. The Morgan fingerprint density at radius 2 is 1.69 bits per heavy atom. The van der Waals surface area contributed by atoms with Crippen LogP contribution in [0.1, 0.15) is 47.2 Å². The summed E-state index contributed by atoms with van der Waals surface area (Å²) in [5.41, 5.74) is 6.77. The van der Waals surface area contributed by atoms with Gasteiger partial charge in [0.25, 0.3) is 10.1 Å². The number of amides is 1. The minimum absolute atomic E-state index is 0.0375. The Kier molecular flexibility index (Phi) is 11.9. The van der Waals surface area contributed by atoms with Crippen molar-refractivity contribution in [3.63, 3.8) is 0 Å². The van der Waals surface area contributed by atoms with E-state index in [-0.39, 0.29) is 35.6 Å². The predicted octanol–water partition coefficient (Wildman–Crippen LogP) is 2.90. The van der Waals surface area contributed by atoms with Crippen molar-refractivity contribution < 1.29 is 41.6 Å². The van der Waals surface area contributed by atoms with E-state index in [0.29, 0.717) is 31.2 Å². The third kappa shape index (κ3) is 11.5. The molecule has 0 aromatic heterocycles. The number of hydrogen-bond acceptors (Lipinski definition) is 9. The van der Waals surface area contributed by atoms with Crippen LogP contribution in [-0.4, -0.2) is 56.7 Å². The first kappa shape index (κ1) is 31.2. The molecular weight excluding hydrogens is 530 g/mol. The molecule has 1 amide bonds. The summed E-state index contributed by atoms with van der Waals surface area (Å²) in [4.78, 5) is 36.8. The third-order valence-electron chi connectivity index (χ3n) is 5.83. The Hall–Kier alpha value is -3.97. The van der Waals surface area contributed by atoms with Crippen molar-refractivity contribution in [3.8, 4) is 5.75 Å². The molecule has 2 aromatic carbocycles. The van der Waals surface area contributed by atoms with Crippen molar-refractivity contribution in [3.05, 3.63) is 65.2 Å². The Labute approximate surface area is 227 Å². The average Bonchev–Trinajstić information content (AvgIpc) is 2.90. The van der Waals surface area contributed by atoms with E-state index in [2.05, 4.69) is 5.32 Å². The fourth-order valence-corrected chi connectivity index (χ4v) is 3.85. The molecule has 0 bridgehead atoms. The van der Waals surface area contributed by atoms with Crippen LogP contribution in [0.25, 0.3) is 0 Å². The van der Waals surface area contributed by atoms with E-state index in [1.165, 1.54) is 25.3 Å². The first-order valence-electron chi connectivity index (χ1n) is 12.0. The molecule has 0 saturated heterocycles. The van der Waals surface area contributed by atoms with Crippen LogP contribution >= 0.6 is 0 Å². The number of benzene rings is 2. The van der Waals surface area contributed by atoms with Crippen molar-refractivity contribution in [2.45, 2.75) is 32.3 Å². The Bertz CT molecular complexity index is 1250. The maximum absolute atomic E-state index is 12.7. The number of alkyl carbamates (subject to hydrolysis) is 1. The van der Waals surface area contributed by atoms with Gasteiger partial charge in [-0.25, -0.2) is 9.59 Å². The van der Waals surface area contributed by atoms with Gasteiger partial charge in [0.15, 0.2) is 0 Å². The molecule has 1 aliphatic rings. The van der Waals surface area contributed by atoms with Gasteiger partial charge >= 0.3 is 18.0 Å². The lowest BCUT2D eigenvalue weighted by molar-refractivity contribution is -0.140. The van der Waals surface area contributed by atoms with Crippen LogP contribution in [0, 0.1) is 17.2 Å². The molecule has 0 unspecified atom stereocenters. The average molecular weight is 564 g/mol. The fraction of sp³-hybridized carbons (Fsp3) is 0.385. The molecule has 1 saturated carbocycles. The molecule has 5 N–H and O–H groups in total. The lowest BCUT2D eigenvalue weighted by Crippen LogP contribution is -2.33. The van der Waals surface area contributed by atoms with Gasteiger partial charge in [0.1, 0.15) is 23.8 Å². The largest absolute Gasteiger partial charge is 0.465 e. The van der Waals surface area contributed by atoms with Crippen LogP contribution in [0.3, 0.4) is 0 Å². The van der Waals surface area contributed by atoms with Gasteiger partial charge in [-0.2, -0.15) is 8.42 Å². The van der Waals surface area contributed by atoms with Gasteiger partial charge in [-0.3, -0.25) is 14.8 Å². The SMILES string of the molecule is COC(=O)c1cc(C(=N)N)ccc1OC(=O)[C@H]1CC[C@H](CNC(=O)OCc2ccccc2)CC1.CS(=O)(=O)O. The van der Waals surface area contributed by atoms with Crippen LogP contribution in [0.4, 0.5) is 4.79 Å². The molecule has 0 radical (unpaired) electrons. The molecule has 0 spiro atoms. The van der Waals surface area contributed by atoms with E-state index in [1.807, 2.05) is 30.3 Å². The lowest BCUT2D eigenvalue weighted by atomic mass is 9.82. The van der Waals surface area contributed by atoms with Crippen LogP contribution in [0.15, 0.2) is 48.5 Å². The molecule has 12 nitrogen and oxygen atoms in total. The Morgan fingerprint density at radius 3 is 2.26 bits per heavy atom. The number of methoxy groups -OCH3 is 1. The zero-order valence-corrected chi connectivity index (χ0v) is 22.5. The Morgan fingerprint density at radius 1 is 1.08 bits per heavy atom. The monoisotopic (exact) mass is 563 g/mol. The smallest absolute Gasteiger partial charge is 0.407 e. The molecule has 0 atom stereocenters. The first-order valence-corrected chi connectivity index (χ1v) is 13.9. The molecule has 1 aliphatic carbocycles. The fourth-order valence-electron chi connectivity index (χ4n) is 3.85. The number of nitrogens with two attached hydrogens (primary N) is 1. The van der Waals surface area contributed by atoms with Crippen LogP contribution < -0.4 is 15.8 Å². The summed E-state index contributed by atoms with van der Waals surface area (Å²) < 4.78 is 41.4. The summed E-state index contributed by atoms with van der Waals surface area (Å²) in [6, 6.07) is 13.8. The number of nitrogen functional groups attached to an aromatic ring is 1. The second-order valence-corrected chi connectivity index (χ2v) is 10.4. The number of carbonyl (C=O) groups is 3. The molecule has 212 valence electrons. The summed E-state index contributed by atoms with van der Waals surface area (Å²) >= 11 is 0.